The first-order valence-electron chi connectivity index (χ1n) is 11.9. The van der Waals surface area contributed by atoms with Crippen molar-refractivity contribution >= 4 is 21.6 Å². The van der Waals surface area contributed by atoms with Crippen LogP contribution in [0.2, 0.25) is 0 Å². The third kappa shape index (κ3) is 7.18. The summed E-state index contributed by atoms with van der Waals surface area (Å²) >= 11 is 3.58. The van der Waals surface area contributed by atoms with Crippen LogP contribution in [-0.4, -0.2) is 13.7 Å². The molecular formula is C30H30BrNO4. The highest BCUT2D eigenvalue weighted by Crippen LogP contribution is 2.36. The molecule has 0 aliphatic heterocycles. The van der Waals surface area contributed by atoms with Crippen LogP contribution < -0.4 is 24.3 Å². The quantitative estimate of drug-likeness (QED) is 0.197. The van der Waals surface area contributed by atoms with Crippen molar-refractivity contribution < 1.29 is 18.9 Å². The van der Waals surface area contributed by atoms with Crippen LogP contribution in [0, 0.1) is 0 Å². The van der Waals surface area contributed by atoms with Gasteiger partial charge in [0.25, 0.3) is 0 Å². The van der Waals surface area contributed by atoms with Gasteiger partial charge in [0.15, 0.2) is 11.5 Å². The van der Waals surface area contributed by atoms with Gasteiger partial charge in [0.05, 0.1) is 18.2 Å². The molecule has 0 saturated heterocycles. The van der Waals surface area contributed by atoms with E-state index in [1.165, 1.54) is 0 Å². The van der Waals surface area contributed by atoms with Crippen molar-refractivity contribution in [1.29, 1.82) is 0 Å². The van der Waals surface area contributed by atoms with E-state index in [1.807, 2.05) is 61.5 Å². The van der Waals surface area contributed by atoms with Crippen molar-refractivity contribution in [2.45, 2.75) is 26.7 Å². The maximum atomic E-state index is 5.94. The average molecular weight is 548 g/mol. The summed E-state index contributed by atoms with van der Waals surface area (Å²) in [6, 6.07) is 30.1. The summed E-state index contributed by atoms with van der Waals surface area (Å²) in [4.78, 5) is 0. The van der Waals surface area contributed by atoms with E-state index in [2.05, 4.69) is 57.6 Å². The van der Waals surface area contributed by atoms with Gasteiger partial charge in [-0.1, -0.05) is 42.5 Å². The van der Waals surface area contributed by atoms with E-state index >= 15 is 0 Å². The number of methoxy groups -OCH3 is 1. The summed E-state index contributed by atoms with van der Waals surface area (Å²) in [5, 5.41) is 3.45. The number of rotatable bonds is 12. The molecule has 0 radical (unpaired) electrons. The highest BCUT2D eigenvalue weighted by atomic mass is 79.9. The molecule has 0 spiro atoms. The molecule has 0 aliphatic carbocycles. The van der Waals surface area contributed by atoms with Gasteiger partial charge in [-0.05, 0) is 88.1 Å². The fourth-order valence-corrected chi connectivity index (χ4v) is 4.23. The molecule has 36 heavy (non-hydrogen) atoms. The second-order valence-electron chi connectivity index (χ2n) is 8.13. The molecule has 186 valence electrons. The Morgan fingerprint density at radius 2 is 1.31 bits per heavy atom. The Morgan fingerprint density at radius 3 is 1.89 bits per heavy atom. The Labute approximate surface area is 221 Å². The summed E-state index contributed by atoms with van der Waals surface area (Å²) in [6.45, 7) is 4.24. The zero-order chi connectivity index (χ0) is 25.2. The standard InChI is InChI=1S/C30H30BrNO4/c1-3-34-30-28(31)17-24(18-29(30)33-2)19-32-25-11-9-23(10-12-25)21-36-27-15-13-26(14-16-27)35-20-22-7-5-4-6-8-22/h4-18,32H,3,19-21H2,1-2H3. The maximum Gasteiger partial charge on any atom is 0.175 e. The number of ether oxygens (including phenoxy) is 4. The number of anilines is 1. The minimum absolute atomic E-state index is 0.494. The number of nitrogens with one attached hydrogen (secondary N) is 1. The van der Waals surface area contributed by atoms with Gasteiger partial charge in [-0.15, -0.1) is 0 Å². The Hall–Kier alpha value is -3.64. The van der Waals surface area contributed by atoms with Gasteiger partial charge in [0.2, 0.25) is 0 Å². The predicted octanol–water partition coefficient (Wildman–Crippen LogP) is 7.63. The monoisotopic (exact) mass is 547 g/mol. The Bertz CT molecular complexity index is 1230. The number of hydrogen-bond donors (Lipinski definition) is 1. The number of benzene rings is 4. The molecule has 0 aliphatic rings. The van der Waals surface area contributed by atoms with Crippen molar-refractivity contribution in [3.05, 3.63) is 112 Å². The lowest BCUT2D eigenvalue weighted by Gasteiger charge is -2.14. The minimum Gasteiger partial charge on any atom is -0.493 e. The topological polar surface area (TPSA) is 49.0 Å². The third-order valence-corrected chi connectivity index (χ3v) is 6.10. The number of halogens is 1. The molecule has 0 amide bonds. The first-order valence-corrected chi connectivity index (χ1v) is 12.7. The summed E-state index contributed by atoms with van der Waals surface area (Å²) in [5.74, 6) is 3.06. The molecule has 0 fully saturated rings. The molecule has 0 aromatic heterocycles. The zero-order valence-corrected chi connectivity index (χ0v) is 22.1. The molecule has 6 heteroatoms. The number of hydrogen-bond acceptors (Lipinski definition) is 5. The lowest BCUT2D eigenvalue weighted by atomic mass is 10.1. The first kappa shape index (κ1) is 25.5. The normalized spacial score (nSPS) is 10.5. The third-order valence-electron chi connectivity index (χ3n) is 5.51. The van der Waals surface area contributed by atoms with Crippen molar-refractivity contribution in [1.82, 2.24) is 0 Å². The second-order valence-corrected chi connectivity index (χ2v) is 8.98. The highest BCUT2D eigenvalue weighted by Gasteiger charge is 2.11. The molecule has 0 heterocycles. The van der Waals surface area contributed by atoms with E-state index in [1.54, 1.807) is 7.11 Å². The fourth-order valence-electron chi connectivity index (χ4n) is 3.62. The molecular weight excluding hydrogens is 518 g/mol. The molecule has 0 saturated carbocycles. The van der Waals surface area contributed by atoms with Crippen LogP contribution in [0.25, 0.3) is 0 Å². The molecule has 5 nitrogen and oxygen atoms in total. The lowest BCUT2D eigenvalue weighted by molar-refractivity contribution is 0.297. The van der Waals surface area contributed by atoms with Crippen molar-refractivity contribution in [2.24, 2.45) is 0 Å². The van der Waals surface area contributed by atoms with Crippen LogP contribution in [0.5, 0.6) is 23.0 Å². The summed E-state index contributed by atoms with van der Waals surface area (Å²) in [6.07, 6.45) is 0. The zero-order valence-electron chi connectivity index (χ0n) is 20.5. The Balaban J connectivity index is 1.25. The second kappa shape index (κ2) is 12.9. The van der Waals surface area contributed by atoms with Crippen molar-refractivity contribution in [2.75, 3.05) is 19.0 Å². The van der Waals surface area contributed by atoms with Crippen molar-refractivity contribution in [3.8, 4) is 23.0 Å². The van der Waals surface area contributed by atoms with E-state index in [0.717, 1.165) is 44.1 Å². The average Bonchev–Trinajstić information content (AvgIpc) is 2.92. The fraction of sp³-hybridized carbons (Fsp3) is 0.200. The van der Waals surface area contributed by atoms with Gasteiger partial charge < -0.3 is 24.3 Å². The minimum atomic E-state index is 0.494. The molecule has 1 N–H and O–H groups in total. The van der Waals surface area contributed by atoms with Crippen LogP contribution in [-0.2, 0) is 19.8 Å². The molecule has 0 bridgehead atoms. The van der Waals surface area contributed by atoms with Gasteiger partial charge in [0.1, 0.15) is 24.7 Å². The van der Waals surface area contributed by atoms with Gasteiger partial charge >= 0.3 is 0 Å². The largest absolute Gasteiger partial charge is 0.493 e. The molecule has 4 rings (SSSR count). The molecule has 4 aromatic carbocycles. The lowest BCUT2D eigenvalue weighted by Crippen LogP contribution is -2.02. The van der Waals surface area contributed by atoms with E-state index in [9.17, 15) is 0 Å². The highest BCUT2D eigenvalue weighted by molar-refractivity contribution is 9.10. The van der Waals surface area contributed by atoms with Gasteiger partial charge in [-0.2, -0.15) is 0 Å². The molecule has 4 aromatic rings. The van der Waals surface area contributed by atoms with E-state index in [0.29, 0.717) is 32.1 Å². The van der Waals surface area contributed by atoms with Crippen molar-refractivity contribution in [3.63, 3.8) is 0 Å². The van der Waals surface area contributed by atoms with Gasteiger partial charge in [0, 0.05) is 12.2 Å². The van der Waals surface area contributed by atoms with E-state index in [-0.39, 0.29) is 0 Å². The SMILES string of the molecule is CCOc1c(Br)cc(CNc2ccc(COc3ccc(OCc4ccccc4)cc3)cc2)cc1OC. The van der Waals surface area contributed by atoms with Crippen LogP contribution in [0.1, 0.15) is 23.6 Å². The maximum absolute atomic E-state index is 5.94. The van der Waals surface area contributed by atoms with E-state index < -0.39 is 0 Å². The van der Waals surface area contributed by atoms with Crippen LogP contribution >= 0.6 is 15.9 Å². The van der Waals surface area contributed by atoms with Crippen LogP contribution in [0.4, 0.5) is 5.69 Å². The molecule has 0 unspecified atom stereocenters. The Morgan fingerprint density at radius 1 is 0.694 bits per heavy atom. The van der Waals surface area contributed by atoms with Crippen LogP contribution in [0.15, 0.2) is 95.5 Å². The first-order chi connectivity index (χ1) is 17.6. The molecule has 0 atom stereocenters. The van der Waals surface area contributed by atoms with Gasteiger partial charge in [-0.3, -0.25) is 0 Å². The smallest absolute Gasteiger partial charge is 0.175 e. The predicted molar refractivity (Wildman–Crippen MR) is 147 cm³/mol. The summed E-state index contributed by atoms with van der Waals surface area (Å²) < 4.78 is 23.8. The summed E-state index contributed by atoms with van der Waals surface area (Å²) in [7, 11) is 1.65. The van der Waals surface area contributed by atoms with Crippen LogP contribution in [0.3, 0.4) is 0 Å². The van der Waals surface area contributed by atoms with E-state index in [4.69, 9.17) is 18.9 Å². The van der Waals surface area contributed by atoms with Gasteiger partial charge in [-0.25, -0.2) is 0 Å². The Kier molecular flexibility index (Phi) is 9.11. The summed E-state index contributed by atoms with van der Waals surface area (Å²) in [5.41, 5.74) is 4.35.